The summed E-state index contributed by atoms with van der Waals surface area (Å²) in [6.45, 7) is 5.93. The first-order valence-electron chi connectivity index (χ1n) is 7.54. The van der Waals surface area contributed by atoms with Crippen molar-refractivity contribution in [3.05, 3.63) is 0 Å². The molecule has 2 N–H and O–H groups in total. The maximum atomic E-state index is 12.6. The minimum atomic E-state index is -0.843. The van der Waals surface area contributed by atoms with Gasteiger partial charge in [-0.3, -0.25) is 9.59 Å². The van der Waals surface area contributed by atoms with Crippen LogP contribution in [-0.4, -0.2) is 34.7 Å². The lowest BCUT2D eigenvalue weighted by Gasteiger charge is -2.31. The van der Waals surface area contributed by atoms with E-state index >= 15 is 0 Å². The van der Waals surface area contributed by atoms with E-state index < -0.39 is 11.5 Å². The molecule has 20 heavy (non-hydrogen) atoms. The molecule has 0 aromatic heterocycles. The molecule has 4 unspecified atom stereocenters. The monoisotopic (exact) mass is 283 g/mol. The second-order valence-corrected chi connectivity index (χ2v) is 6.48. The molecule has 1 aliphatic carbocycles. The number of nitrogens with one attached hydrogen (secondary N) is 1. The van der Waals surface area contributed by atoms with Crippen LogP contribution in [0.25, 0.3) is 0 Å². The highest BCUT2D eigenvalue weighted by Gasteiger charge is 2.45. The molecule has 1 amide bonds. The van der Waals surface area contributed by atoms with Gasteiger partial charge in [0.05, 0.1) is 30.1 Å². The van der Waals surface area contributed by atoms with Gasteiger partial charge in [0.25, 0.3) is 0 Å². The molecule has 2 aliphatic rings. The third-order valence-electron chi connectivity index (χ3n) is 4.98. The van der Waals surface area contributed by atoms with Gasteiger partial charge in [0.15, 0.2) is 0 Å². The molecule has 1 aliphatic heterocycles. The molecule has 0 spiro atoms. The molecule has 0 bridgehead atoms. The average Bonchev–Trinajstić information content (AvgIpc) is 2.84. The minimum absolute atomic E-state index is 0.0185. The molecule has 5 nitrogen and oxygen atoms in total. The van der Waals surface area contributed by atoms with Gasteiger partial charge in [-0.05, 0) is 32.6 Å². The number of rotatable bonds is 4. The Morgan fingerprint density at radius 3 is 2.25 bits per heavy atom. The number of carboxylic acid groups (broad SMARTS) is 1. The van der Waals surface area contributed by atoms with E-state index in [-0.39, 0.29) is 36.4 Å². The lowest BCUT2D eigenvalue weighted by Crippen LogP contribution is -2.51. The average molecular weight is 283 g/mol. The molecular formula is C15H25NO4. The van der Waals surface area contributed by atoms with Crippen LogP contribution in [-0.2, 0) is 14.3 Å². The maximum absolute atomic E-state index is 12.6. The maximum Gasteiger partial charge on any atom is 0.305 e. The Kier molecular flexibility index (Phi) is 4.37. The van der Waals surface area contributed by atoms with Crippen LogP contribution in [0.4, 0.5) is 0 Å². The van der Waals surface area contributed by atoms with E-state index in [2.05, 4.69) is 5.32 Å². The second-order valence-electron chi connectivity index (χ2n) is 6.48. The molecular weight excluding hydrogens is 258 g/mol. The summed E-state index contributed by atoms with van der Waals surface area (Å²) in [6.07, 6.45) is 3.47. The first-order chi connectivity index (χ1) is 9.34. The van der Waals surface area contributed by atoms with Crippen molar-refractivity contribution in [3.8, 4) is 0 Å². The molecule has 0 aromatic rings. The van der Waals surface area contributed by atoms with E-state index in [0.717, 1.165) is 25.7 Å². The largest absolute Gasteiger partial charge is 0.481 e. The molecule has 114 valence electrons. The Balaban J connectivity index is 2.07. The fourth-order valence-electron chi connectivity index (χ4n) is 3.75. The van der Waals surface area contributed by atoms with E-state index in [1.54, 1.807) is 0 Å². The number of ether oxygens (including phenoxy) is 1. The summed E-state index contributed by atoms with van der Waals surface area (Å²) >= 11 is 0. The number of hydrogen-bond donors (Lipinski definition) is 2. The smallest absolute Gasteiger partial charge is 0.305 e. The van der Waals surface area contributed by atoms with E-state index in [1.165, 1.54) is 0 Å². The van der Waals surface area contributed by atoms with Crippen LogP contribution < -0.4 is 5.32 Å². The number of carboxylic acids is 1. The van der Waals surface area contributed by atoms with Gasteiger partial charge in [0.2, 0.25) is 5.91 Å². The minimum Gasteiger partial charge on any atom is -0.481 e. The fourth-order valence-corrected chi connectivity index (χ4v) is 3.75. The summed E-state index contributed by atoms with van der Waals surface area (Å²) in [4.78, 5) is 23.6. The Hall–Kier alpha value is -1.10. The van der Waals surface area contributed by atoms with Crippen LogP contribution in [0.3, 0.4) is 0 Å². The lowest BCUT2D eigenvalue weighted by atomic mass is 9.86. The van der Waals surface area contributed by atoms with Gasteiger partial charge in [-0.25, -0.2) is 0 Å². The van der Waals surface area contributed by atoms with Crippen LogP contribution in [0.1, 0.15) is 52.9 Å². The van der Waals surface area contributed by atoms with E-state index in [9.17, 15) is 9.59 Å². The zero-order valence-electron chi connectivity index (χ0n) is 12.5. The number of hydrogen-bond acceptors (Lipinski definition) is 3. The third kappa shape index (κ3) is 2.97. The van der Waals surface area contributed by atoms with Crippen molar-refractivity contribution in [2.75, 3.05) is 0 Å². The zero-order valence-corrected chi connectivity index (χ0v) is 12.5. The zero-order chi connectivity index (χ0) is 14.9. The predicted octanol–water partition coefficient (Wildman–Crippen LogP) is 1.95. The van der Waals surface area contributed by atoms with Gasteiger partial charge in [-0.15, -0.1) is 0 Å². The summed E-state index contributed by atoms with van der Waals surface area (Å²) in [6, 6.07) is 0. The lowest BCUT2D eigenvalue weighted by molar-refractivity contribution is -0.139. The Labute approximate surface area is 120 Å². The Bertz CT molecular complexity index is 389. The first-order valence-corrected chi connectivity index (χ1v) is 7.54. The number of carbonyl (C=O) groups is 2. The van der Waals surface area contributed by atoms with Gasteiger partial charge in [-0.1, -0.05) is 19.8 Å². The summed E-state index contributed by atoms with van der Waals surface area (Å²) in [5, 5.41) is 12.1. The van der Waals surface area contributed by atoms with Crippen molar-refractivity contribution >= 4 is 11.9 Å². The summed E-state index contributed by atoms with van der Waals surface area (Å²) in [5.74, 6) is -0.911. The summed E-state index contributed by atoms with van der Waals surface area (Å²) < 4.78 is 5.71. The predicted molar refractivity (Wildman–Crippen MR) is 74.3 cm³/mol. The molecule has 5 heteroatoms. The van der Waals surface area contributed by atoms with Crippen LogP contribution in [0.15, 0.2) is 0 Å². The first kappa shape index (κ1) is 15.3. The van der Waals surface area contributed by atoms with Crippen LogP contribution >= 0.6 is 0 Å². The standard InChI is InChI=1S/C15H25NO4/c1-9-10(2)20-11(3)13(9)14(19)16-15(8-12(17)18)6-4-5-7-15/h9-11,13H,4-8H2,1-3H3,(H,16,19)(H,17,18). The van der Waals surface area contributed by atoms with E-state index in [4.69, 9.17) is 9.84 Å². The van der Waals surface area contributed by atoms with Crippen molar-refractivity contribution < 1.29 is 19.4 Å². The van der Waals surface area contributed by atoms with Crippen molar-refractivity contribution in [1.82, 2.24) is 5.32 Å². The van der Waals surface area contributed by atoms with Crippen molar-refractivity contribution in [2.45, 2.75) is 70.6 Å². The summed E-state index contributed by atoms with van der Waals surface area (Å²) in [5.41, 5.74) is -0.547. The highest BCUT2D eigenvalue weighted by atomic mass is 16.5. The van der Waals surface area contributed by atoms with E-state index in [0.29, 0.717) is 0 Å². The number of carbonyl (C=O) groups excluding carboxylic acids is 1. The van der Waals surface area contributed by atoms with Crippen LogP contribution in [0.2, 0.25) is 0 Å². The highest BCUT2D eigenvalue weighted by Crippen LogP contribution is 2.36. The van der Waals surface area contributed by atoms with Crippen molar-refractivity contribution in [3.63, 3.8) is 0 Å². The van der Waals surface area contributed by atoms with E-state index in [1.807, 2.05) is 20.8 Å². The van der Waals surface area contributed by atoms with Crippen LogP contribution in [0.5, 0.6) is 0 Å². The molecule has 0 radical (unpaired) electrons. The Morgan fingerprint density at radius 1 is 1.20 bits per heavy atom. The van der Waals surface area contributed by atoms with Gasteiger partial charge in [0.1, 0.15) is 0 Å². The quantitative estimate of drug-likeness (QED) is 0.827. The normalized spacial score (nSPS) is 36.0. The number of amides is 1. The molecule has 2 rings (SSSR count). The third-order valence-corrected chi connectivity index (χ3v) is 4.98. The highest BCUT2D eigenvalue weighted by molar-refractivity contribution is 5.81. The molecule has 0 aromatic carbocycles. The van der Waals surface area contributed by atoms with Crippen molar-refractivity contribution in [1.29, 1.82) is 0 Å². The molecule has 1 saturated carbocycles. The van der Waals surface area contributed by atoms with Gasteiger partial charge < -0.3 is 15.2 Å². The topological polar surface area (TPSA) is 75.6 Å². The summed E-state index contributed by atoms with van der Waals surface area (Å²) in [7, 11) is 0. The van der Waals surface area contributed by atoms with Gasteiger partial charge >= 0.3 is 5.97 Å². The Morgan fingerprint density at radius 2 is 1.80 bits per heavy atom. The van der Waals surface area contributed by atoms with Crippen LogP contribution in [0, 0.1) is 11.8 Å². The molecule has 2 fully saturated rings. The number of aliphatic carboxylic acids is 1. The van der Waals surface area contributed by atoms with Gasteiger partial charge in [0, 0.05) is 0 Å². The van der Waals surface area contributed by atoms with Gasteiger partial charge in [-0.2, -0.15) is 0 Å². The molecule has 4 atom stereocenters. The SMILES string of the molecule is CC1OC(C)C(C(=O)NC2(CC(=O)O)CCCC2)C1C. The fraction of sp³-hybridized carbons (Fsp3) is 0.867. The molecule has 1 heterocycles. The second kappa shape index (κ2) is 5.72. The van der Waals surface area contributed by atoms with Crippen molar-refractivity contribution in [2.24, 2.45) is 11.8 Å². The molecule has 1 saturated heterocycles.